The van der Waals surface area contributed by atoms with Crippen molar-refractivity contribution in [3.63, 3.8) is 0 Å². The van der Waals surface area contributed by atoms with Crippen LogP contribution in [-0.4, -0.2) is 19.5 Å². The van der Waals surface area contributed by atoms with Gasteiger partial charge in [0.05, 0.1) is 11.4 Å². The summed E-state index contributed by atoms with van der Waals surface area (Å²) >= 11 is 3.44. The van der Waals surface area contributed by atoms with Crippen molar-refractivity contribution < 1.29 is 5.11 Å². The number of aromatic hydroxyl groups is 1. The van der Waals surface area contributed by atoms with E-state index in [0.717, 1.165) is 22.3 Å². The first-order valence-corrected chi connectivity index (χ1v) is 11.0. The molecule has 30 heavy (non-hydrogen) atoms. The van der Waals surface area contributed by atoms with Gasteiger partial charge in [0.25, 0.3) is 0 Å². The lowest BCUT2D eigenvalue weighted by Gasteiger charge is -2.09. The second kappa shape index (κ2) is 9.43. The first-order chi connectivity index (χ1) is 14.3. The number of imidazole rings is 1. The quantitative estimate of drug-likeness (QED) is 0.359. The predicted molar refractivity (Wildman–Crippen MR) is 127 cm³/mol. The molecule has 0 aliphatic heterocycles. The molecule has 156 valence electrons. The van der Waals surface area contributed by atoms with Crippen molar-refractivity contribution in [1.82, 2.24) is 14.4 Å². The lowest BCUT2D eigenvalue weighted by molar-refractivity contribution is 0.477. The number of fused-ring (bicyclic) bond motifs is 1. The zero-order valence-electron chi connectivity index (χ0n) is 18.1. The van der Waals surface area contributed by atoms with Crippen LogP contribution >= 0.6 is 15.9 Å². The summed E-state index contributed by atoms with van der Waals surface area (Å²) < 4.78 is 2.88. The Hall–Kier alpha value is -2.66. The van der Waals surface area contributed by atoms with Gasteiger partial charge in [0.2, 0.25) is 5.78 Å². The minimum Gasteiger partial charge on any atom is -0.507 e. The molecular weight excluding hydrogens is 438 g/mol. The number of rotatable bonds is 3. The Labute approximate surface area is 186 Å². The largest absolute Gasteiger partial charge is 0.507 e. The number of aryl methyl sites for hydroxylation is 2. The molecule has 2 heterocycles. The number of nitrogens with zero attached hydrogens (tertiary/aromatic N) is 3. The van der Waals surface area contributed by atoms with Crippen LogP contribution in [-0.2, 0) is 6.42 Å². The van der Waals surface area contributed by atoms with Gasteiger partial charge in [0.1, 0.15) is 5.75 Å². The van der Waals surface area contributed by atoms with Gasteiger partial charge >= 0.3 is 0 Å². The smallest absolute Gasteiger partial charge is 0.234 e. The van der Waals surface area contributed by atoms with Crippen molar-refractivity contribution in [3.8, 4) is 17.0 Å². The third-order valence-electron chi connectivity index (χ3n) is 5.30. The summed E-state index contributed by atoms with van der Waals surface area (Å²) in [5.41, 5.74) is 6.86. The van der Waals surface area contributed by atoms with E-state index in [9.17, 15) is 5.11 Å². The minimum atomic E-state index is 0.221. The Morgan fingerprint density at radius 3 is 2.53 bits per heavy atom. The van der Waals surface area contributed by atoms with E-state index in [-0.39, 0.29) is 11.7 Å². The molecule has 2 aromatic heterocycles. The summed E-state index contributed by atoms with van der Waals surface area (Å²) in [5.74, 6) is 1.13. The molecule has 0 aliphatic rings. The van der Waals surface area contributed by atoms with E-state index in [2.05, 4.69) is 78.7 Å². The Morgan fingerprint density at radius 1 is 1.10 bits per heavy atom. The molecule has 5 heteroatoms. The highest BCUT2D eigenvalue weighted by Gasteiger charge is 2.19. The number of hydrogen-bond donors (Lipinski definition) is 1. The lowest BCUT2D eigenvalue weighted by Crippen LogP contribution is -1.97. The fourth-order valence-corrected chi connectivity index (χ4v) is 3.91. The molecule has 0 amide bonds. The molecule has 4 rings (SSSR count). The molecule has 0 saturated heterocycles. The van der Waals surface area contributed by atoms with Crippen molar-refractivity contribution in [2.75, 3.05) is 0 Å². The molecule has 0 atom stereocenters. The van der Waals surface area contributed by atoms with Gasteiger partial charge in [-0.3, -0.25) is 4.40 Å². The first-order valence-electron chi connectivity index (χ1n) is 10.2. The van der Waals surface area contributed by atoms with E-state index in [1.807, 2.05) is 28.8 Å². The Morgan fingerprint density at radius 2 is 1.87 bits per heavy atom. The predicted octanol–water partition coefficient (Wildman–Crippen LogP) is 6.85. The molecule has 0 spiro atoms. The van der Waals surface area contributed by atoms with E-state index in [1.54, 1.807) is 12.3 Å². The molecular formula is C25H28BrN3O. The highest BCUT2D eigenvalue weighted by atomic mass is 79.9. The van der Waals surface area contributed by atoms with Crippen LogP contribution in [0.1, 0.15) is 49.1 Å². The average Bonchev–Trinajstić information content (AvgIpc) is 3.12. The number of phenols is 1. The molecule has 0 radical (unpaired) electrons. The van der Waals surface area contributed by atoms with Crippen molar-refractivity contribution in [2.24, 2.45) is 0 Å². The van der Waals surface area contributed by atoms with Gasteiger partial charge in [0, 0.05) is 22.4 Å². The highest BCUT2D eigenvalue weighted by Crippen LogP contribution is 2.36. The molecule has 4 nitrogen and oxygen atoms in total. The second-order valence-electron chi connectivity index (χ2n) is 7.66. The van der Waals surface area contributed by atoms with Gasteiger partial charge in [0.15, 0.2) is 0 Å². The van der Waals surface area contributed by atoms with E-state index < -0.39 is 0 Å². The average molecular weight is 466 g/mol. The summed E-state index contributed by atoms with van der Waals surface area (Å²) in [4.78, 5) is 8.86. The maximum absolute atomic E-state index is 10.1. The SMILES string of the molecule is CC(C)c1c(-c2cc(Br)ccc2O)nc2ncccn12.CCc1cccc(C)c1C. The molecule has 1 N–H and O–H groups in total. The van der Waals surface area contributed by atoms with E-state index >= 15 is 0 Å². The van der Waals surface area contributed by atoms with Crippen LogP contribution in [0.25, 0.3) is 17.0 Å². The van der Waals surface area contributed by atoms with Crippen LogP contribution in [0.4, 0.5) is 0 Å². The summed E-state index contributed by atoms with van der Waals surface area (Å²) in [7, 11) is 0. The van der Waals surface area contributed by atoms with Crippen LogP contribution in [0.2, 0.25) is 0 Å². The topological polar surface area (TPSA) is 50.4 Å². The molecule has 0 bridgehead atoms. The Bertz CT molecular complexity index is 1160. The number of hydrogen-bond acceptors (Lipinski definition) is 3. The fraction of sp³-hybridized carbons (Fsp3) is 0.280. The maximum Gasteiger partial charge on any atom is 0.234 e. The van der Waals surface area contributed by atoms with Crippen LogP contribution in [0.5, 0.6) is 5.75 Å². The van der Waals surface area contributed by atoms with Crippen molar-refractivity contribution in [2.45, 2.75) is 47.0 Å². The third kappa shape index (κ3) is 4.57. The number of benzene rings is 2. The Balaban J connectivity index is 0.000000216. The number of aromatic nitrogens is 3. The standard InChI is InChI=1S/C15H14BrN3O.C10H14/c1-9(2)14-13(11-8-10(16)4-5-12(11)20)18-15-17-6-3-7-19(14)15;1-4-10-7-5-6-8(2)9(10)3/h3-9,20H,1-2H3;5-7H,4H2,1-3H3. The monoisotopic (exact) mass is 465 g/mol. The summed E-state index contributed by atoms with van der Waals surface area (Å²) in [6.07, 6.45) is 4.81. The zero-order chi connectivity index (χ0) is 21.8. The van der Waals surface area contributed by atoms with Gasteiger partial charge in [-0.2, -0.15) is 0 Å². The highest BCUT2D eigenvalue weighted by molar-refractivity contribution is 9.10. The van der Waals surface area contributed by atoms with Crippen LogP contribution < -0.4 is 0 Å². The fourth-order valence-electron chi connectivity index (χ4n) is 3.55. The number of halogens is 1. The summed E-state index contributed by atoms with van der Waals surface area (Å²) in [5, 5.41) is 10.1. The first kappa shape index (κ1) is 22.0. The van der Waals surface area contributed by atoms with Crippen LogP contribution in [0.15, 0.2) is 59.3 Å². The lowest BCUT2D eigenvalue weighted by atomic mass is 10.0. The van der Waals surface area contributed by atoms with Gasteiger partial charge in [-0.1, -0.05) is 54.9 Å². The van der Waals surface area contributed by atoms with Crippen molar-refractivity contribution in [3.05, 3.63) is 81.7 Å². The Kier molecular flexibility index (Phi) is 6.93. The molecule has 4 aromatic rings. The van der Waals surface area contributed by atoms with Crippen LogP contribution in [0.3, 0.4) is 0 Å². The third-order valence-corrected chi connectivity index (χ3v) is 5.79. The minimum absolute atomic E-state index is 0.221. The second-order valence-corrected chi connectivity index (χ2v) is 8.58. The summed E-state index contributed by atoms with van der Waals surface area (Å²) in [6.45, 7) is 10.8. The molecule has 0 aliphatic carbocycles. The maximum atomic E-state index is 10.1. The van der Waals surface area contributed by atoms with E-state index in [4.69, 9.17) is 0 Å². The van der Waals surface area contributed by atoms with Crippen molar-refractivity contribution >= 4 is 21.7 Å². The van der Waals surface area contributed by atoms with E-state index in [1.165, 1.54) is 16.7 Å². The zero-order valence-corrected chi connectivity index (χ0v) is 19.7. The van der Waals surface area contributed by atoms with Gasteiger partial charge in [-0.05, 0) is 67.1 Å². The number of phenolic OH excluding ortho intramolecular Hbond substituents is 1. The van der Waals surface area contributed by atoms with E-state index in [0.29, 0.717) is 11.3 Å². The molecule has 0 unspecified atom stereocenters. The molecule has 0 saturated carbocycles. The normalized spacial score (nSPS) is 10.9. The molecule has 2 aromatic carbocycles. The van der Waals surface area contributed by atoms with Crippen LogP contribution in [0, 0.1) is 13.8 Å². The van der Waals surface area contributed by atoms with Gasteiger partial charge in [-0.25, -0.2) is 9.97 Å². The summed E-state index contributed by atoms with van der Waals surface area (Å²) in [6, 6.07) is 13.7. The van der Waals surface area contributed by atoms with Gasteiger partial charge in [-0.15, -0.1) is 0 Å². The van der Waals surface area contributed by atoms with Gasteiger partial charge < -0.3 is 5.11 Å². The van der Waals surface area contributed by atoms with Crippen molar-refractivity contribution in [1.29, 1.82) is 0 Å². The molecule has 0 fully saturated rings.